The third kappa shape index (κ3) is 4.88. The molecule has 0 spiro atoms. The number of rotatable bonds is 7. The van der Waals surface area contributed by atoms with E-state index in [0.717, 1.165) is 41.5 Å². The summed E-state index contributed by atoms with van der Waals surface area (Å²) in [4.78, 5) is 26.7. The molecule has 0 bridgehead atoms. The molecule has 1 fully saturated rings. The second-order valence-corrected chi connectivity index (χ2v) is 8.71. The van der Waals surface area contributed by atoms with E-state index in [4.69, 9.17) is 4.42 Å². The van der Waals surface area contributed by atoms with Gasteiger partial charge in [-0.15, -0.1) is 10.2 Å². The number of furan rings is 1. The number of aryl methyl sites for hydroxylation is 1. The normalized spacial score (nSPS) is 14.5. The molecule has 3 aromatic rings. The van der Waals surface area contributed by atoms with Crippen molar-refractivity contribution < 1.29 is 14.0 Å². The molecular formula is C23H27N5O3S. The zero-order valence-corrected chi connectivity index (χ0v) is 19.1. The summed E-state index contributed by atoms with van der Waals surface area (Å²) in [5, 5.41) is 12.5. The average Bonchev–Trinajstić information content (AvgIpc) is 3.48. The Morgan fingerprint density at radius 1 is 1.16 bits per heavy atom. The van der Waals surface area contributed by atoms with Gasteiger partial charge in [0.25, 0.3) is 5.91 Å². The number of thioether (sulfide) groups is 1. The Bertz CT molecular complexity index is 1070. The highest BCUT2D eigenvalue weighted by atomic mass is 32.2. The molecule has 0 saturated carbocycles. The van der Waals surface area contributed by atoms with E-state index in [0.29, 0.717) is 18.8 Å². The Labute approximate surface area is 191 Å². The summed E-state index contributed by atoms with van der Waals surface area (Å²) in [6, 6.07) is 11.5. The van der Waals surface area contributed by atoms with E-state index in [-0.39, 0.29) is 23.6 Å². The smallest absolute Gasteiger partial charge is 0.289 e. The van der Waals surface area contributed by atoms with Gasteiger partial charge in [-0.3, -0.25) is 9.59 Å². The van der Waals surface area contributed by atoms with Gasteiger partial charge >= 0.3 is 0 Å². The molecule has 9 heteroatoms. The van der Waals surface area contributed by atoms with Crippen molar-refractivity contribution >= 4 is 23.6 Å². The van der Waals surface area contributed by atoms with Crippen molar-refractivity contribution in [2.75, 3.05) is 18.8 Å². The molecule has 8 nitrogen and oxygen atoms in total. The van der Waals surface area contributed by atoms with Crippen LogP contribution in [0.5, 0.6) is 0 Å². The number of aromatic nitrogens is 3. The first-order valence-corrected chi connectivity index (χ1v) is 11.8. The van der Waals surface area contributed by atoms with Crippen LogP contribution in [0.15, 0.2) is 52.2 Å². The molecule has 0 aliphatic carbocycles. The number of carbonyl (C=O) groups is 2. The van der Waals surface area contributed by atoms with Crippen LogP contribution in [-0.4, -0.2) is 56.4 Å². The number of carbonyl (C=O) groups excluding carboxylic acids is 2. The van der Waals surface area contributed by atoms with Gasteiger partial charge in [0, 0.05) is 31.2 Å². The molecule has 1 N–H and O–H groups in total. The van der Waals surface area contributed by atoms with Gasteiger partial charge < -0.3 is 19.2 Å². The molecule has 0 atom stereocenters. The van der Waals surface area contributed by atoms with Crippen molar-refractivity contribution in [3.05, 3.63) is 54.0 Å². The summed E-state index contributed by atoms with van der Waals surface area (Å²) >= 11 is 1.39. The first kappa shape index (κ1) is 22.1. The highest BCUT2D eigenvalue weighted by molar-refractivity contribution is 7.99. The van der Waals surface area contributed by atoms with E-state index in [2.05, 4.69) is 28.5 Å². The Kier molecular flexibility index (Phi) is 6.94. The molecule has 2 aromatic heterocycles. The third-order valence-electron chi connectivity index (χ3n) is 5.63. The van der Waals surface area contributed by atoms with Crippen LogP contribution in [-0.2, 0) is 11.3 Å². The van der Waals surface area contributed by atoms with E-state index in [9.17, 15) is 9.59 Å². The standard InChI is InChI=1S/C23H27N5O3S/c1-3-28-21(18-8-5-4-7-16(18)2)25-26-23(28)32-15-20(29)24-17-10-12-27(13-11-17)22(30)19-9-6-14-31-19/h4-9,14,17H,3,10-13,15H2,1-2H3,(H,24,29). The maximum absolute atomic E-state index is 12.5. The lowest BCUT2D eigenvalue weighted by Crippen LogP contribution is -2.46. The molecule has 32 heavy (non-hydrogen) atoms. The highest BCUT2D eigenvalue weighted by Crippen LogP contribution is 2.26. The first-order valence-electron chi connectivity index (χ1n) is 10.8. The van der Waals surface area contributed by atoms with Crippen LogP contribution in [0.2, 0.25) is 0 Å². The number of nitrogens with one attached hydrogen (secondary N) is 1. The number of likely N-dealkylation sites (tertiary alicyclic amines) is 1. The average molecular weight is 454 g/mol. The van der Waals surface area contributed by atoms with Gasteiger partial charge in [-0.25, -0.2) is 0 Å². The largest absolute Gasteiger partial charge is 0.459 e. The van der Waals surface area contributed by atoms with Gasteiger partial charge in [0.2, 0.25) is 5.91 Å². The molecule has 2 amide bonds. The molecule has 1 aliphatic heterocycles. The van der Waals surface area contributed by atoms with Crippen molar-refractivity contribution in [2.24, 2.45) is 0 Å². The van der Waals surface area contributed by atoms with Crippen molar-refractivity contribution in [3.8, 4) is 11.4 Å². The van der Waals surface area contributed by atoms with Gasteiger partial charge in [-0.05, 0) is 44.4 Å². The molecular weight excluding hydrogens is 426 g/mol. The summed E-state index contributed by atoms with van der Waals surface area (Å²) in [6.45, 7) is 6.02. The summed E-state index contributed by atoms with van der Waals surface area (Å²) in [6.07, 6.45) is 2.96. The number of nitrogens with zero attached hydrogens (tertiary/aromatic N) is 4. The number of piperidine rings is 1. The van der Waals surface area contributed by atoms with E-state index in [1.807, 2.05) is 29.7 Å². The second-order valence-electron chi connectivity index (χ2n) is 7.77. The number of amides is 2. The fourth-order valence-electron chi connectivity index (χ4n) is 3.89. The lowest BCUT2D eigenvalue weighted by Gasteiger charge is -2.31. The summed E-state index contributed by atoms with van der Waals surface area (Å²) in [5.74, 6) is 1.32. The minimum Gasteiger partial charge on any atom is -0.459 e. The molecule has 4 rings (SSSR count). The minimum absolute atomic E-state index is 0.0334. The van der Waals surface area contributed by atoms with Crippen LogP contribution in [0.25, 0.3) is 11.4 Å². The molecule has 0 unspecified atom stereocenters. The minimum atomic E-state index is -0.0984. The molecule has 3 heterocycles. The molecule has 1 saturated heterocycles. The number of hydrogen-bond donors (Lipinski definition) is 1. The second kappa shape index (κ2) is 10.0. The molecule has 0 radical (unpaired) electrons. The highest BCUT2D eigenvalue weighted by Gasteiger charge is 2.26. The van der Waals surface area contributed by atoms with Crippen molar-refractivity contribution in [2.45, 2.75) is 44.4 Å². The maximum atomic E-state index is 12.5. The van der Waals surface area contributed by atoms with Crippen molar-refractivity contribution in [3.63, 3.8) is 0 Å². The van der Waals surface area contributed by atoms with Gasteiger partial charge in [-0.1, -0.05) is 36.0 Å². The lowest BCUT2D eigenvalue weighted by molar-refractivity contribution is -0.119. The Morgan fingerprint density at radius 3 is 2.62 bits per heavy atom. The molecule has 1 aromatic carbocycles. The maximum Gasteiger partial charge on any atom is 0.289 e. The van der Waals surface area contributed by atoms with Crippen molar-refractivity contribution in [1.29, 1.82) is 0 Å². The van der Waals surface area contributed by atoms with E-state index in [1.54, 1.807) is 17.0 Å². The fourth-order valence-corrected chi connectivity index (χ4v) is 4.70. The Balaban J connectivity index is 1.29. The summed E-state index contributed by atoms with van der Waals surface area (Å²) in [7, 11) is 0. The van der Waals surface area contributed by atoms with Crippen molar-refractivity contribution in [1.82, 2.24) is 25.0 Å². The number of hydrogen-bond acceptors (Lipinski definition) is 6. The van der Waals surface area contributed by atoms with Crippen LogP contribution in [0.4, 0.5) is 0 Å². The Hall–Kier alpha value is -3.07. The molecule has 168 valence electrons. The number of benzene rings is 1. The van der Waals surface area contributed by atoms with E-state index in [1.165, 1.54) is 18.0 Å². The van der Waals surface area contributed by atoms with Gasteiger partial charge in [0.15, 0.2) is 16.7 Å². The van der Waals surface area contributed by atoms with E-state index < -0.39 is 0 Å². The van der Waals surface area contributed by atoms with Crippen LogP contribution in [0, 0.1) is 6.92 Å². The van der Waals surface area contributed by atoms with Gasteiger partial charge in [0.1, 0.15) is 0 Å². The lowest BCUT2D eigenvalue weighted by atomic mass is 10.0. The quantitative estimate of drug-likeness (QED) is 0.551. The monoisotopic (exact) mass is 453 g/mol. The zero-order chi connectivity index (χ0) is 22.5. The predicted molar refractivity (Wildman–Crippen MR) is 122 cm³/mol. The van der Waals surface area contributed by atoms with Crippen LogP contribution < -0.4 is 5.32 Å². The predicted octanol–water partition coefficient (Wildman–Crippen LogP) is 3.38. The SMILES string of the molecule is CCn1c(SCC(=O)NC2CCN(C(=O)c3ccco3)CC2)nnc1-c1ccccc1C. The summed E-state index contributed by atoms with van der Waals surface area (Å²) in [5.41, 5.74) is 2.19. The summed E-state index contributed by atoms with van der Waals surface area (Å²) < 4.78 is 7.23. The first-order chi connectivity index (χ1) is 15.6. The Morgan fingerprint density at radius 2 is 1.94 bits per heavy atom. The van der Waals surface area contributed by atoms with Gasteiger partial charge in [0.05, 0.1) is 12.0 Å². The fraction of sp³-hybridized carbons (Fsp3) is 0.391. The van der Waals surface area contributed by atoms with Gasteiger partial charge in [-0.2, -0.15) is 0 Å². The topological polar surface area (TPSA) is 93.3 Å². The van der Waals surface area contributed by atoms with Crippen LogP contribution in [0.1, 0.15) is 35.9 Å². The van der Waals surface area contributed by atoms with E-state index >= 15 is 0 Å². The van der Waals surface area contributed by atoms with Crippen LogP contribution >= 0.6 is 11.8 Å². The molecule has 1 aliphatic rings. The third-order valence-corrected chi connectivity index (χ3v) is 6.60. The van der Waals surface area contributed by atoms with Crippen LogP contribution in [0.3, 0.4) is 0 Å². The zero-order valence-electron chi connectivity index (χ0n) is 18.3.